The molecule has 0 fully saturated rings. The smallest absolute Gasteiger partial charge is 0.225 e. The van der Waals surface area contributed by atoms with Crippen LogP contribution in [0.3, 0.4) is 0 Å². The third-order valence-electron chi connectivity index (χ3n) is 3.90. The van der Waals surface area contributed by atoms with Crippen LogP contribution in [0.5, 0.6) is 0 Å². The van der Waals surface area contributed by atoms with Crippen molar-refractivity contribution in [3.63, 3.8) is 0 Å². The summed E-state index contributed by atoms with van der Waals surface area (Å²) in [5.41, 5.74) is 1.58. The Bertz CT molecular complexity index is 636. The lowest BCUT2D eigenvalue weighted by atomic mass is 9.83. The molecule has 2 rings (SSSR count). The van der Waals surface area contributed by atoms with Gasteiger partial charge in [-0.3, -0.25) is 4.79 Å². The molecule has 2 heteroatoms. The van der Waals surface area contributed by atoms with Gasteiger partial charge in [0.05, 0.1) is 12.0 Å². The molecule has 0 aliphatic heterocycles. The first-order valence-electron chi connectivity index (χ1n) is 7.82. The van der Waals surface area contributed by atoms with Crippen LogP contribution in [0.4, 0.5) is 0 Å². The molecule has 0 aliphatic carbocycles. The maximum atomic E-state index is 12.6. The number of carbonyl (C=O) groups is 1. The minimum absolute atomic E-state index is 0.00348. The van der Waals surface area contributed by atoms with E-state index in [4.69, 9.17) is 0 Å². The average molecular weight is 305 g/mol. The maximum absolute atomic E-state index is 12.6. The summed E-state index contributed by atoms with van der Waals surface area (Å²) in [6.07, 6.45) is 5.37. The molecule has 23 heavy (non-hydrogen) atoms. The lowest BCUT2D eigenvalue weighted by molar-refractivity contribution is -0.122. The van der Waals surface area contributed by atoms with E-state index in [1.807, 2.05) is 72.8 Å². The molecule has 0 aromatic heterocycles. The zero-order valence-electron chi connectivity index (χ0n) is 13.4. The fraction of sp³-hybridized carbons (Fsp3) is 0.190. The van der Waals surface area contributed by atoms with Gasteiger partial charge in [-0.05, 0) is 24.0 Å². The van der Waals surface area contributed by atoms with Crippen molar-refractivity contribution in [2.75, 3.05) is 0 Å². The number of amides is 1. The largest absolute Gasteiger partial charge is 0.346 e. The van der Waals surface area contributed by atoms with Crippen LogP contribution in [0.1, 0.15) is 24.0 Å². The Kier molecular flexibility index (Phi) is 5.93. The monoisotopic (exact) mass is 305 g/mol. The predicted molar refractivity (Wildman–Crippen MR) is 96.0 cm³/mol. The standard InChI is InChI=1S/C21H23NO/c1-3-15-21(16-4-2,19-13-9-6-10-14-19)22-20(23)17-18-11-7-5-8-12-18/h3-14H,1-2,15-17H2,(H,22,23). The fourth-order valence-corrected chi connectivity index (χ4v) is 2.84. The van der Waals surface area contributed by atoms with E-state index in [0.29, 0.717) is 19.3 Å². The molecule has 0 aliphatic rings. The van der Waals surface area contributed by atoms with Gasteiger partial charge < -0.3 is 5.32 Å². The average Bonchev–Trinajstić information content (AvgIpc) is 2.57. The second kappa shape index (κ2) is 8.14. The molecule has 2 nitrogen and oxygen atoms in total. The van der Waals surface area contributed by atoms with Crippen molar-refractivity contribution < 1.29 is 4.79 Å². The van der Waals surface area contributed by atoms with Crippen molar-refractivity contribution in [3.05, 3.63) is 97.1 Å². The summed E-state index contributed by atoms with van der Waals surface area (Å²) in [7, 11) is 0. The normalized spacial score (nSPS) is 10.8. The second-order valence-corrected chi connectivity index (χ2v) is 5.64. The SMILES string of the molecule is C=CCC(CC=C)(NC(=O)Cc1ccccc1)c1ccccc1. The van der Waals surface area contributed by atoms with Gasteiger partial charge in [0, 0.05) is 0 Å². The minimum Gasteiger partial charge on any atom is -0.346 e. The molecule has 0 unspecified atom stereocenters. The highest BCUT2D eigenvalue weighted by Gasteiger charge is 2.31. The first-order valence-corrected chi connectivity index (χ1v) is 7.82. The molecule has 0 spiro atoms. The van der Waals surface area contributed by atoms with Gasteiger partial charge in [0.15, 0.2) is 0 Å². The predicted octanol–water partition coefficient (Wildman–Crippen LogP) is 4.39. The van der Waals surface area contributed by atoms with Crippen LogP contribution in [0, 0.1) is 0 Å². The lowest BCUT2D eigenvalue weighted by Crippen LogP contribution is -2.46. The van der Waals surface area contributed by atoms with Gasteiger partial charge in [0.25, 0.3) is 0 Å². The van der Waals surface area contributed by atoms with Crippen LogP contribution < -0.4 is 5.32 Å². The Morgan fingerprint density at radius 2 is 1.43 bits per heavy atom. The Morgan fingerprint density at radius 1 is 0.913 bits per heavy atom. The Labute approximate surface area is 138 Å². The molecule has 0 radical (unpaired) electrons. The molecular formula is C21H23NO. The van der Waals surface area contributed by atoms with Crippen molar-refractivity contribution in [2.45, 2.75) is 24.8 Å². The first-order chi connectivity index (χ1) is 11.2. The van der Waals surface area contributed by atoms with Gasteiger partial charge in [0.1, 0.15) is 0 Å². The Balaban J connectivity index is 2.24. The summed E-state index contributed by atoms with van der Waals surface area (Å²) in [6, 6.07) is 19.8. The van der Waals surface area contributed by atoms with Crippen LogP contribution in [-0.2, 0) is 16.8 Å². The highest BCUT2D eigenvalue weighted by molar-refractivity contribution is 5.79. The molecule has 0 bridgehead atoms. The van der Waals surface area contributed by atoms with Crippen molar-refractivity contribution in [2.24, 2.45) is 0 Å². The van der Waals surface area contributed by atoms with Gasteiger partial charge >= 0.3 is 0 Å². The highest BCUT2D eigenvalue weighted by atomic mass is 16.1. The highest BCUT2D eigenvalue weighted by Crippen LogP contribution is 2.30. The summed E-state index contributed by atoms with van der Waals surface area (Å²) in [4.78, 5) is 12.6. The van der Waals surface area contributed by atoms with Crippen LogP contribution in [0.25, 0.3) is 0 Å². The maximum Gasteiger partial charge on any atom is 0.225 e. The van der Waals surface area contributed by atoms with E-state index < -0.39 is 5.54 Å². The number of benzene rings is 2. The number of carbonyl (C=O) groups excluding carboxylic acids is 1. The lowest BCUT2D eigenvalue weighted by Gasteiger charge is -2.34. The molecule has 1 amide bonds. The van der Waals surface area contributed by atoms with Crippen molar-refractivity contribution in [3.8, 4) is 0 Å². The number of hydrogen-bond acceptors (Lipinski definition) is 1. The molecule has 2 aromatic carbocycles. The van der Waals surface area contributed by atoms with Crippen LogP contribution in [0.15, 0.2) is 86.0 Å². The van der Waals surface area contributed by atoms with E-state index in [1.54, 1.807) is 0 Å². The fourth-order valence-electron chi connectivity index (χ4n) is 2.84. The van der Waals surface area contributed by atoms with Gasteiger partial charge in [-0.2, -0.15) is 0 Å². The summed E-state index contributed by atoms with van der Waals surface area (Å²) in [5.74, 6) is 0.00348. The summed E-state index contributed by atoms with van der Waals surface area (Å²) < 4.78 is 0. The van der Waals surface area contributed by atoms with E-state index in [-0.39, 0.29) is 5.91 Å². The minimum atomic E-state index is -0.489. The molecule has 0 saturated heterocycles. The van der Waals surface area contributed by atoms with E-state index in [0.717, 1.165) is 11.1 Å². The molecule has 1 N–H and O–H groups in total. The summed E-state index contributed by atoms with van der Waals surface area (Å²) >= 11 is 0. The molecule has 118 valence electrons. The van der Waals surface area contributed by atoms with Crippen molar-refractivity contribution >= 4 is 5.91 Å². The quantitative estimate of drug-likeness (QED) is 0.720. The topological polar surface area (TPSA) is 29.1 Å². The molecule has 2 aromatic rings. The van der Waals surface area contributed by atoms with Gasteiger partial charge in [-0.1, -0.05) is 72.8 Å². The number of nitrogens with one attached hydrogen (secondary N) is 1. The number of rotatable bonds is 8. The van der Waals surface area contributed by atoms with E-state index in [9.17, 15) is 4.79 Å². The van der Waals surface area contributed by atoms with Crippen molar-refractivity contribution in [1.29, 1.82) is 0 Å². The van der Waals surface area contributed by atoms with Crippen LogP contribution >= 0.6 is 0 Å². The zero-order chi connectivity index (χ0) is 16.5. The van der Waals surface area contributed by atoms with Crippen LogP contribution in [-0.4, -0.2) is 5.91 Å². The third-order valence-corrected chi connectivity index (χ3v) is 3.90. The van der Waals surface area contributed by atoms with E-state index in [2.05, 4.69) is 18.5 Å². The van der Waals surface area contributed by atoms with E-state index >= 15 is 0 Å². The van der Waals surface area contributed by atoms with Crippen molar-refractivity contribution in [1.82, 2.24) is 5.32 Å². The first kappa shape index (κ1) is 16.8. The van der Waals surface area contributed by atoms with Gasteiger partial charge in [-0.25, -0.2) is 0 Å². The molecule has 0 saturated carbocycles. The molecule has 0 heterocycles. The van der Waals surface area contributed by atoms with Gasteiger partial charge in [0.2, 0.25) is 5.91 Å². The molecule has 0 atom stereocenters. The van der Waals surface area contributed by atoms with Crippen LogP contribution in [0.2, 0.25) is 0 Å². The second-order valence-electron chi connectivity index (χ2n) is 5.64. The van der Waals surface area contributed by atoms with E-state index in [1.165, 1.54) is 0 Å². The summed E-state index contributed by atoms with van der Waals surface area (Å²) in [5, 5.41) is 3.22. The molecular weight excluding hydrogens is 282 g/mol. The third kappa shape index (κ3) is 4.43. The Hall–Kier alpha value is -2.61. The van der Waals surface area contributed by atoms with Gasteiger partial charge in [-0.15, -0.1) is 13.2 Å². The number of hydrogen-bond donors (Lipinski definition) is 1. The zero-order valence-corrected chi connectivity index (χ0v) is 13.4. The summed E-state index contributed by atoms with van der Waals surface area (Å²) in [6.45, 7) is 7.72. The Morgan fingerprint density at radius 3 is 1.96 bits per heavy atom.